The third-order valence-electron chi connectivity index (χ3n) is 1.18. The molecular weight excluding hydrogens is 182 g/mol. The Balaban J connectivity index is 4.21. The van der Waals surface area contributed by atoms with Crippen molar-refractivity contribution in [2.75, 3.05) is 0 Å². The van der Waals surface area contributed by atoms with Gasteiger partial charge in [0, 0.05) is 21.7 Å². The molecule has 0 radical (unpaired) electrons. The Labute approximate surface area is 63.7 Å². The summed E-state index contributed by atoms with van der Waals surface area (Å²) in [5.74, 6) is -0.0741. The van der Waals surface area contributed by atoms with Crippen LogP contribution in [0.5, 0.6) is 0 Å². The monoisotopic (exact) mass is 191 g/mol. The van der Waals surface area contributed by atoms with Gasteiger partial charge in [0.05, 0.1) is 0 Å². The molecule has 3 heteroatoms. The lowest BCUT2D eigenvalue weighted by Gasteiger charge is -1.98. The van der Waals surface area contributed by atoms with Crippen molar-refractivity contribution in [1.82, 2.24) is 4.34 Å². The summed E-state index contributed by atoms with van der Waals surface area (Å²) in [4.78, 5) is 10.7. The van der Waals surface area contributed by atoms with Gasteiger partial charge in [-0.15, -0.1) is 0 Å². The van der Waals surface area contributed by atoms with Crippen LogP contribution < -0.4 is 4.34 Å². The van der Waals surface area contributed by atoms with E-state index in [1.165, 1.54) is 0 Å². The van der Waals surface area contributed by atoms with Crippen LogP contribution in [0.2, 0.25) is 0 Å². The fourth-order valence-corrected chi connectivity index (χ4v) is 0.595. The molecule has 0 saturated carbocycles. The van der Waals surface area contributed by atoms with Crippen LogP contribution in [-0.4, -0.2) is 5.91 Å². The molecule has 0 aromatic rings. The zero-order chi connectivity index (χ0) is 7.44. The molecule has 9 heavy (non-hydrogen) atoms. The molecule has 0 rings (SSSR count). The van der Waals surface area contributed by atoms with Crippen molar-refractivity contribution in [3.63, 3.8) is 0 Å². The predicted octanol–water partition coefficient (Wildman–Crippen LogP) is 1.77. The molecule has 0 aliphatic rings. The first-order valence-electron chi connectivity index (χ1n) is 2.64. The Bertz CT molecular complexity index is 147. The van der Waals surface area contributed by atoms with Gasteiger partial charge in [-0.25, -0.2) is 0 Å². The fraction of sp³-hybridized carbons (Fsp3) is 0.500. The van der Waals surface area contributed by atoms with Crippen LogP contribution in [-0.2, 0) is 4.79 Å². The van der Waals surface area contributed by atoms with E-state index in [4.69, 9.17) is 0 Å². The second kappa shape index (κ2) is 3.67. The molecule has 0 unspecified atom stereocenters. The summed E-state index contributed by atoms with van der Waals surface area (Å²) in [5, 5.41) is 0. The Hall–Kier alpha value is -0.310. The highest BCUT2D eigenvalue weighted by atomic mass is 79.9. The maximum Gasteiger partial charge on any atom is 0.256 e. The van der Waals surface area contributed by atoms with Crippen molar-refractivity contribution < 1.29 is 4.79 Å². The average molecular weight is 192 g/mol. The summed E-state index contributed by atoms with van der Waals surface area (Å²) in [6.45, 7) is 5.58. The van der Waals surface area contributed by atoms with E-state index in [9.17, 15) is 4.79 Å². The zero-order valence-electron chi connectivity index (χ0n) is 5.79. The van der Waals surface area contributed by atoms with Crippen molar-refractivity contribution >= 4 is 22.1 Å². The molecule has 0 bridgehead atoms. The lowest BCUT2D eigenvalue weighted by atomic mass is 10.2. The van der Waals surface area contributed by atoms with Gasteiger partial charge in [0.1, 0.15) is 0 Å². The molecule has 0 fully saturated rings. The number of rotatable bonds is 1. The highest BCUT2D eigenvalue weighted by Gasteiger charge is 2.01. The van der Waals surface area contributed by atoms with Crippen molar-refractivity contribution in [2.24, 2.45) is 0 Å². The maximum atomic E-state index is 10.7. The highest BCUT2D eigenvalue weighted by molar-refractivity contribution is 9.08. The molecule has 1 amide bonds. The molecule has 0 saturated heterocycles. The molecule has 0 atom stereocenters. The predicted molar refractivity (Wildman–Crippen MR) is 41.1 cm³/mol. The molecule has 0 heterocycles. The molecule has 0 aromatic heterocycles. The molecule has 0 spiro atoms. The Morgan fingerprint density at radius 2 is 1.78 bits per heavy atom. The van der Waals surface area contributed by atoms with Crippen LogP contribution in [0.15, 0.2) is 11.1 Å². The van der Waals surface area contributed by atoms with E-state index in [0.717, 1.165) is 11.1 Å². The van der Waals surface area contributed by atoms with Crippen molar-refractivity contribution in [2.45, 2.75) is 20.8 Å². The summed E-state index contributed by atoms with van der Waals surface area (Å²) < 4.78 is 2.36. The third kappa shape index (κ3) is 2.65. The molecule has 0 aliphatic heterocycles. The fourth-order valence-electron chi connectivity index (χ4n) is 0.298. The largest absolute Gasteiger partial charge is 0.289 e. The van der Waals surface area contributed by atoms with Gasteiger partial charge in [-0.2, -0.15) is 0 Å². The summed E-state index contributed by atoms with van der Waals surface area (Å²) >= 11 is 2.85. The van der Waals surface area contributed by atoms with E-state index in [1.807, 2.05) is 13.8 Å². The van der Waals surface area contributed by atoms with Crippen molar-refractivity contribution in [1.29, 1.82) is 0 Å². The van der Waals surface area contributed by atoms with Crippen LogP contribution in [0.25, 0.3) is 0 Å². The SMILES string of the molecule is CC(C)=C(C)C(=O)NBr. The molecule has 52 valence electrons. The molecule has 0 aliphatic carbocycles. The lowest BCUT2D eigenvalue weighted by Crippen LogP contribution is -2.13. The molecule has 0 aromatic carbocycles. The molecular formula is C6H10BrNO. The Morgan fingerprint density at radius 3 is 1.89 bits per heavy atom. The Morgan fingerprint density at radius 1 is 1.33 bits per heavy atom. The smallest absolute Gasteiger partial charge is 0.256 e. The zero-order valence-corrected chi connectivity index (χ0v) is 7.37. The van der Waals surface area contributed by atoms with Gasteiger partial charge < -0.3 is 0 Å². The van der Waals surface area contributed by atoms with Crippen molar-refractivity contribution in [3.05, 3.63) is 11.1 Å². The van der Waals surface area contributed by atoms with Gasteiger partial charge >= 0.3 is 0 Å². The van der Waals surface area contributed by atoms with Gasteiger partial charge in [0.2, 0.25) is 0 Å². The quantitative estimate of drug-likeness (QED) is 0.497. The second-order valence-electron chi connectivity index (χ2n) is 2.05. The van der Waals surface area contributed by atoms with Gasteiger partial charge in [-0.3, -0.25) is 9.14 Å². The lowest BCUT2D eigenvalue weighted by molar-refractivity contribution is -0.115. The van der Waals surface area contributed by atoms with E-state index in [1.54, 1.807) is 6.92 Å². The van der Waals surface area contributed by atoms with Crippen LogP contribution in [0.3, 0.4) is 0 Å². The Kier molecular flexibility index (Phi) is 3.54. The highest BCUT2D eigenvalue weighted by Crippen LogP contribution is 2.01. The topological polar surface area (TPSA) is 29.1 Å². The van der Waals surface area contributed by atoms with Gasteiger partial charge in [-0.1, -0.05) is 5.57 Å². The number of hydrogen-bond acceptors (Lipinski definition) is 1. The summed E-state index contributed by atoms with van der Waals surface area (Å²) in [6.07, 6.45) is 0. The van der Waals surface area contributed by atoms with Gasteiger partial charge in [0.25, 0.3) is 5.91 Å². The number of amides is 1. The minimum absolute atomic E-state index is 0.0741. The number of nitrogens with one attached hydrogen (secondary N) is 1. The standard InChI is InChI=1S/C6H10BrNO/c1-4(2)5(3)6(9)8-7/h1-3H3,(H,8,9). The van der Waals surface area contributed by atoms with E-state index >= 15 is 0 Å². The van der Waals surface area contributed by atoms with E-state index in [0.29, 0.717) is 0 Å². The number of allylic oxidation sites excluding steroid dienone is 1. The van der Waals surface area contributed by atoms with Gasteiger partial charge in [0.15, 0.2) is 0 Å². The van der Waals surface area contributed by atoms with Crippen LogP contribution in [0.4, 0.5) is 0 Å². The summed E-state index contributed by atoms with van der Waals surface area (Å²) in [7, 11) is 0. The van der Waals surface area contributed by atoms with E-state index in [2.05, 4.69) is 20.5 Å². The van der Waals surface area contributed by atoms with Crippen LogP contribution >= 0.6 is 16.1 Å². The first-order chi connectivity index (χ1) is 4.09. The molecule has 2 nitrogen and oxygen atoms in total. The van der Waals surface area contributed by atoms with Crippen LogP contribution in [0, 0.1) is 0 Å². The maximum absolute atomic E-state index is 10.7. The average Bonchev–Trinajstić information content (AvgIpc) is 1.84. The number of carbonyl (C=O) groups excluding carboxylic acids is 1. The summed E-state index contributed by atoms with van der Waals surface area (Å²) in [6, 6.07) is 0. The second-order valence-corrected chi connectivity index (χ2v) is 2.45. The minimum atomic E-state index is -0.0741. The number of carbonyl (C=O) groups is 1. The molecule has 1 N–H and O–H groups in total. The summed E-state index contributed by atoms with van der Waals surface area (Å²) in [5.41, 5.74) is 1.79. The van der Waals surface area contributed by atoms with Gasteiger partial charge in [-0.05, 0) is 20.8 Å². The normalized spacial score (nSPS) is 8.44. The minimum Gasteiger partial charge on any atom is -0.289 e. The number of halogens is 1. The van der Waals surface area contributed by atoms with Crippen LogP contribution in [0.1, 0.15) is 20.8 Å². The van der Waals surface area contributed by atoms with E-state index in [-0.39, 0.29) is 5.91 Å². The van der Waals surface area contributed by atoms with E-state index < -0.39 is 0 Å². The number of hydrogen-bond donors (Lipinski definition) is 1. The first-order valence-corrected chi connectivity index (χ1v) is 3.44. The third-order valence-corrected chi connectivity index (χ3v) is 1.54. The first kappa shape index (κ1) is 8.69. The van der Waals surface area contributed by atoms with Crippen molar-refractivity contribution in [3.8, 4) is 0 Å².